The molecule has 1 aromatic carbocycles. The fourth-order valence-corrected chi connectivity index (χ4v) is 4.45. The topological polar surface area (TPSA) is 77.6 Å². The van der Waals surface area contributed by atoms with Crippen LogP contribution in [0.2, 0.25) is 0 Å². The first kappa shape index (κ1) is 21.0. The van der Waals surface area contributed by atoms with E-state index in [2.05, 4.69) is 47.2 Å². The molecule has 1 fully saturated rings. The van der Waals surface area contributed by atoms with E-state index in [0.29, 0.717) is 10.5 Å². The lowest BCUT2D eigenvalue weighted by molar-refractivity contribution is -0.113. The number of aryl methyl sites for hydroxylation is 4. The Hall–Kier alpha value is -2.20. The second-order valence-electron chi connectivity index (χ2n) is 7.36. The summed E-state index contributed by atoms with van der Waals surface area (Å²) in [6.45, 7) is 4.76. The van der Waals surface area contributed by atoms with E-state index in [1.54, 1.807) is 6.07 Å². The lowest BCUT2D eigenvalue weighted by Gasteiger charge is -2.10. The van der Waals surface area contributed by atoms with Gasteiger partial charge in [0, 0.05) is 29.2 Å². The molecule has 0 unspecified atom stereocenters. The minimum absolute atomic E-state index is 0.137. The lowest BCUT2D eigenvalue weighted by atomic mass is 10.3. The smallest absolute Gasteiger partial charge is 0.234 e. The highest BCUT2D eigenvalue weighted by Crippen LogP contribution is 2.39. The Kier molecular flexibility index (Phi) is 6.24. The van der Waals surface area contributed by atoms with Crippen LogP contribution in [0, 0.1) is 19.7 Å². The van der Waals surface area contributed by atoms with Gasteiger partial charge in [0.2, 0.25) is 5.91 Å². The molecule has 1 aliphatic carbocycles. The summed E-state index contributed by atoms with van der Waals surface area (Å²) >= 11 is 4.53. The van der Waals surface area contributed by atoms with E-state index in [1.807, 2.05) is 18.5 Å². The lowest BCUT2D eigenvalue weighted by Crippen LogP contribution is -2.16. The summed E-state index contributed by atoms with van der Waals surface area (Å²) < 4.78 is 18.7. The fraction of sp³-hybridized carbons (Fsp3) is 0.400. The minimum Gasteiger partial charge on any atom is -0.323 e. The number of rotatable bonds is 8. The Labute approximate surface area is 186 Å². The zero-order valence-corrected chi connectivity index (χ0v) is 19.1. The van der Waals surface area contributed by atoms with E-state index < -0.39 is 5.82 Å². The molecule has 1 amide bonds. The van der Waals surface area contributed by atoms with Gasteiger partial charge in [-0.2, -0.15) is 5.10 Å². The number of nitrogens with one attached hydrogen (secondary N) is 1. The average molecular weight is 493 g/mol. The second-order valence-corrected chi connectivity index (χ2v) is 9.22. The molecule has 2 heterocycles. The van der Waals surface area contributed by atoms with Gasteiger partial charge < -0.3 is 9.88 Å². The van der Waals surface area contributed by atoms with Gasteiger partial charge in [0.1, 0.15) is 11.6 Å². The van der Waals surface area contributed by atoms with Crippen LogP contribution in [0.1, 0.15) is 36.1 Å². The Morgan fingerprint density at radius 3 is 2.77 bits per heavy atom. The summed E-state index contributed by atoms with van der Waals surface area (Å²) in [6, 6.07) is 6.99. The maximum absolute atomic E-state index is 13.9. The van der Waals surface area contributed by atoms with E-state index >= 15 is 0 Å². The van der Waals surface area contributed by atoms with Gasteiger partial charge in [0.25, 0.3) is 0 Å². The second kappa shape index (κ2) is 8.89. The summed E-state index contributed by atoms with van der Waals surface area (Å²) in [5.41, 5.74) is 2.29. The van der Waals surface area contributed by atoms with Crippen LogP contribution in [-0.4, -0.2) is 36.2 Å². The third-order valence-corrected chi connectivity index (χ3v) is 6.27. The van der Waals surface area contributed by atoms with Crippen LogP contribution < -0.4 is 5.32 Å². The number of thioether (sulfide) groups is 1. The molecular formula is C20H22BrFN6OS. The Morgan fingerprint density at radius 1 is 1.30 bits per heavy atom. The number of aromatic nitrogens is 5. The average Bonchev–Trinajstić information content (AvgIpc) is 3.37. The number of carbonyl (C=O) groups is 1. The van der Waals surface area contributed by atoms with Crippen LogP contribution >= 0.6 is 27.7 Å². The van der Waals surface area contributed by atoms with Crippen molar-refractivity contribution in [2.45, 2.75) is 50.9 Å². The molecule has 4 rings (SSSR count). The van der Waals surface area contributed by atoms with Crippen LogP contribution in [0.5, 0.6) is 0 Å². The van der Waals surface area contributed by atoms with E-state index in [4.69, 9.17) is 0 Å². The van der Waals surface area contributed by atoms with E-state index in [9.17, 15) is 9.18 Å². The largest absolute Gasteiger partial charge is 0.323 e. The van der Waals surface area contributed by atoms with Gasteiger partial charge in [-0.3, -0.25) is 9.48 Å². The monoisotopic (exact) mass is 492 g/mol. The number of halogens is 2. The number of amides is 1. The Morgan fingerprint density at radius 2 is 2.10 bits per heavy atom. The molecule has 1 saturated carbocycles. The number of carbonyl (C=O) groups excluding carboxylic acids is 1. The maximum Gasteiger partial charge on any atom is 0.234 e. The van der Waals surface area contributed by atoms with Crippen molar-refractivity contribution in [1.82, 2.24) is 24.5 Å². The van der Waals surface area contributed by atoms with Gasteiger partial charge in [0.05, 0.1) is 17.1 Å². The minimum atomic E-state index is -0.477. The molecule has 10 heteroatoms. The third-order valence-electron chi connectivity index (χ3n) is 4.84. The quantitative estimate of drug-likeness (QED) is 0.474. The molecule has 0 aliphatic heterocycles. The van der Waals surface area contributed by atoms with Gasteiger partial charge in [-0.25, -0.2) is 4.39 Å². The summed E-state index contributed by atoms with van der Waals surface area (Å²) in [7, 11) is 0. The molecule has 1 aliphatic rings. The van der Waals surface area contributed by atoms with E-state index in [1.165, 1.54) is 23.9 Å². The maximum atomic E-state index is 13.9. The predicted molar refractivity (Wildman–Crippen MR) is 117 cm³/mol. The first-order valence-corrected chi connectivity index (χ1v) is 11.5. The molecular weight excluding hydrogens is 471 g/mol. The summed E-state index contributed by atoms with van der Waals surface area (Å²) in [5, 5.41) is 16.5. The van der Waals surface area contributed by atoms with Gasteiger partial charge in [-0.1, -0.05) is 27.7 Å². The van der Waals surface area contributed by atoms with Crippen LogP contribution in [0.15, 0.2) is 33.9 Å². The van der Waals surface area contributed by atoms with Crippen LogP contribution in [-0.2, 0) is 17.8 Å². The van der Waals surface area contributed by atoms with E-state index in [-0.39, 0.29) is 17.3 Å². The van der Waals surface area contributed by atoms with Crippen molar-refractivity contribution >= 4 is 39.3 Å². The van der Waals surface area contributed by atoms with Crippen molar-refractivity contribution in [1.29, 1.82) is 0 Å². The highest BCUT2D eigenvalue weighted by Gasteiger charge is 2.29. The number of nitrogens with zero attached hydrogens (tertiary/aromatic N) is 5. The zero-order chi connectivity index (χ0) is 21.3. The normalized spacial score (nSPS) is 13.6. The number of benzene rings is 1. The molecule has 1 N–H and O–H groups in total. The van der Waals surface area contributed by atoms with Gasteiger partial charge >= 0.3 is 0 Å². The molecule has 0 radical (unpaired) electrons. The van der Waals surface area contributed by atoms with Gasteiger partial charge in [0.15, 0.2) is 5.16 Å². The van der Waals surface area contributed by atoms with Crippen LogP contribution in [0.25, 0.3) is 0 Å². The molecule has 158 valence electrons. The first-order chi connectivity index (χ1) is 14.4. The van der Waals surface area contributed by atoms with Crippen molar-refractivity contribution in [3.63, 3.8) is 0 Å². The first-order valence-electron chi connectivity index (χ1n) is 9.73. The summed E-state index contributed by atoms with van der Waals surface area (Å²) in [6.07, 6.45) is 2.91. The molecule has 0 atom stereocenters. The number of hydrogen-bond acceptors (Lipinski definition) is 5. The van der Waals surface area contributed by atoms with Crippen molar-refractivity contribution in [3.05, 3.63) is 51.8 Å². The summed E-state index contributed by atoms with van der Waals surface area (Å²) in [4.78, 5) is 12.3. The SMILES string of the molecule is Cc1cc(C)n(CCc2nnc(SCC(=O)Nc3ccc(Br)cc3F)n2C2CC2)n1. The van der Waals surface area contributed by atoms with Crippen LogP contribution in [0.3, 0.4) is 0 Å². The summed E-state index contributed by atoms with van der Waals surface area (Å²) in [5.74, 6) is 0.288. The van der Waals surface area contributed by atoms with Crippen molar-refractivity contribution < 1.29 is 9.18 Å². The molecule has 30 heavy (non-hydrogen) atoms. The van der Waals surface area contributed by atoms with E-state index in [0.717, 1.165) is 48.2 Å². The van der Waals surface area contributed by atoms with Gasteiger partial charge in [-0.15, -0.1) is 10.2 Å². The third kappa shape index (κ3) is 4.92. The molecule has 0 spiro atoms. The highest BCUT2D eigenvalue weighted by atomic mass is 79.9. The highest BCUT2D eigenvalue weighted by molar-refractivity contribution is 9.10. The number of anilines is 1. The molecule has 2 aromatic heterocycles. The van der Waals surface area contributed by atoms with Crippen LogP contribution in [0.4, 0.5) is 10.1 Å². The van der Waals surface area contributed by atoms with Crippen molar-refractivity contribution in [2.24, 2.45) is 0 Å². The molecule has 7 nitrogen and oxygen atoms in total. The zero-order valence-electron chi connectivity index (χ0n) is 16.7. The molecule has 3 aromatic rings. The van der Waals surface area contributed by atoms with Gasteiger partial charge in [-0.05, 0) is 51.0 Å². The Bertz CT molecular complexity index is 1080. The molecule has 0 saturated heterocycles. The van der Waals surface area contributed by atoms with Crippen molar-refractivity contribution in [2.75, 3.05) is 11.1 Å². The standard InChI is InChI=1S/C20H22BrFN6OS/c1-12-9-13(2)27(26-12)8-7-18-24-25-20(28(18)15-4-5-15)30-11-19(29)23-17-6-3-14(21)10-16(17)22/h3,6,9-10,15H,4-5,7-8,11H2,1-2H3,(H,23,29). The predicted octanol–water partition coefficient (Wildman–Crippen LogP) is 4.30. The molecule has 0 bridgehead atoms. The number of hydrogen-bond donors (Lipinski definition) is 1. The van der Waals surface area contributed by atoms with Crippen molar-refractivity contribution in [3.8, 4) is 0 Å². The fourth-order valence-electron chi connectivity index (χ4n) is 3.29. The Balaban J connectivity index is 1.39.